The number of nitrogens with one attached hydrogen (secondary N) is 1. The van der Waals surface area contributed by atoms with E-state index < -0.39 is 17.1 Å². The molecule has 0 radical (unpaired) electrons. The van der Waals surface area contributed by atoms with Gasteiger partial charge in [-0.2, -0.15) is 0 Å². The van der Waals surface area contributed by atoms with Gasteiger partial charge in [0.15, 0.2) is 11.5 Å². The zero-order valence-corrected chi connectivity index (χ0v) is 23.5. The number of benzene rings is 4. The molecule has 4 aromatic carbocycles. The normalized spacial score (nSPS) is 11.7. The van der Waals surface area contributed by atoms with E-state index in [0.717, 1.165) is 21.8 Å². The van der Waals surface area contributed by atoms with Crippen molar-refractivity contribution < 1.29 is 34.0 Å². The molecule has 0 bridgehead atoms. The fourth-order valence-corrected chi connectivity index (χ4v) is 4.91. The third kappa shape index (κ3) is 6.96. The molecule has 0 fully saturated rings. The molecule has 0 spiro atoms. The number of aromatic nitrogens is 1. The number of amides is 1. The van der Waals surface area contributed by atoms with Crippen molar-refractivity contribution in [3.05, 3.63) is 112 Å². The summed E-state index contributed by atoms with van der Waals surface area (Å²) in [5, 5.41) is 22.9. The Kier molecular flexibility index (Phi) is 9.23. The molecule has 0 aliphatic heterocycles. The number of hydrogen-bond acceptors (Lipinski definition) is 8. The molecule has 0 saturated carbocycles. The van der Waals surface area contributed by atoms with Crippen molar-refractivity contribution in [2.75, 3.05) is 33.4 Å². The molecule has 0 aliphatic carbocycles. The Morgan fingerprint density at radius 1 is 0.907 bits per heavy atom. The first-order valence-corrected chi connectivity index (χ1v) is 13.6. The van der Waals surface area contributed by atoms with Gasteiger partial charge in [-0.3, -0.25) is 4.79 Å². The molecule has 11 nitrogen and oxygen atoms in total. The van der Waals surface area contributed by atoms with Gasteiger partial charge in [-0.05, 0) is 42.0 Å². The zero-order valence-electron chi connectivity index (χ0n) is 23.5. The SMILES string of the molecule is COc1ccccc1OCCN(CC(O)COc1cccc2[nH]c3ccccc3c12)C(=O)c1ccccc1CO[N+](=O)[O-]. The molecule has 222 valence electrons. The van der Waals surface area contributed by atoms with Crippen molar-refractivity contribution in [3.8, 4) is 17.2 Å². The summed E-state index contributed by atoms with van der Waals surface area (Å²) in [6.45, 7) is -0.344. The Hall–Kier alpha value is -5.29. The van der Waals surface area contributed by atoms with Gasteiger partial charge in [0.05, 0.1) is 25.7 Å². The molecule has 43 heavy (non-hydrogen) atoms. The molecular weight excluding hydrogens is 554 g/mol. The highest BCUT2D eigenvalue weighted by Gasteiger charge is 2.23. The number of aromatic amines is 1. The highest BCUT2D eigenvalue weighted by molar-refractivity contribution is 6.10. The molecule has 1 unspecified atom stereocenters. The van der Waals surface area contributed by atoms with Crippen LogP contribution < -0.4 is 14.2 Å². The number of nitrogens with zero attached hydrogens (tertiary/aromatic N) is 2. The minimum atomic E-state index is -1.06. The van der Waals surface area contributed by atoms with E-state index in [9.17, 15) is 20.0 Å². The molecule has 11 heteroatoms. The molecule has 5 rings (SSSR count). The lowest BCUT2D eigenvalue weighted by Crippen LogP contribution is -2.42. The third-order valence-electron chi connectivity index (χ3n) is 6.90. The number of fused-ring (bicyclic) bond motifs is 3. The van der Waals surface area contributed by atoms with Crippen LogP contribution in [0.1, 0.15) is 15.9 Å². The average Bonchev–Trinajstić information content (AvgIpc) is 3.41. The number of rotatable bonds is 14. The van der Waals surface area contributed by atoms with Gasteiger partial charge in [-0.25, -0.2) is 0 Å². The van der Waals surface area contributed by atoms with E-state index in [4.69, 9.17) is 14.2 Å². The lowest BCUT2D eigenvalue weighted by Gasteiger charge is -2.26. The highest BCUT2D eigenvalue weighted by Crippen LogP contribution is 2.33. The Morgan fingerprint density at radius 2 is 1.60 bits per heavy atom. The Bertz CT molecular complexity index is 1720. The number of carbonyl (C=O) groups excluding carboxylic acids is 1. The fourth-order valence-electron chi connectivity index (χ4n) is 4.91. The molecule has 1 atom stereocenters. The van der Waals surface area contributed by atoms with Crippen LogP contribution in [0.4, 0.5) is 0 Å². The molecule has 0 saturated heterocycles. The minimum absolute atomic E-state index is 0.0809. The van der Waals surface area contributed by atoms with Crippen molar-refractivity contribution in [3.63, 3.8) is 0 Å². The largest absolute Gasteiger partial charge is 0.493 e. The van der Waals surface area contributed by atoms with Crippen LogP contribution in [-0.4, -0.2) is 65.5 Å². The number of methoxy groups -OCH3 is 1. The van der Waals surface area contributed by atoms with E-state index in [1.165, 1.54) is 12.0 Å². The van der Waals surface area contributed by atoms with Gasteiger partial charge in [0.25, 0.3) is 11.0 Å². The summed E-state index contributed by atoms with van der Waals surface area (Å²) in [6, 6.07) is 27.2. The van der Waals surface area contributed by atoms with Gasteiger partial charge in [0, 0.05) is 21.9 Å². The lowest BCUT2D eigenvalue weighted by molar-refractivity contribution is -0.763. The summed E-state index contributed by atoms with van der Waals surface area (Å²) < 4.78 is 17.3. The van der Waals surface area contributed by atoms with Crippen molar-refractivity contribution in [2.24, 2.45) is 0 Å². The fraction of sp³-hybridized carbons (Fsp3) is 0.219. The summed E-state index contributed by atoms with van der Waals surface area (Å²) in [5.74, 6) is 1.22. The molecule has 1 aromatic heterocycles. The number of carbonyl (C=O) groups is 1. The number of H-pyrrole nitrogens is 1. The van der Waals surface area contributed by atoms with Crippen LogP contribution in [0.2, 0.25) is 0 Å². The molecule has 0 aliphatic rings. The van der Waals surface area contributed by atoms with Crippen molar-refractivity contribution in [2.45, 2.75) is 12.7 Å². The number of aliphatic hydroxyl groups excluding tert-OH is 1. The monoisotopic (exact) mass is 585 g/mol. The zero-order chi connectivity index (χ0) is 30.2. The first-order valence-electron chi connectivity index (χ1n) is 13.6. The smallest absolute Gasteiger partial charge is 0.294 e. The van der Waals surface area contributed by atoms with Gasteiger partial charge in [-0.1, -0.05) is 54.6 Å². The Labute approximate surface area is 247 Å². The standard InChI is InChI=1S/C32H31N3O8/c1-40-28-14-6-7-15-29(28)41-18-17-34(32(37)24-10-3-2-9-22(24)20-43-35(38)39)19-23(36)21-42-30-16-8-13-27-31(30)25-11-4-5-12-26(25)33-27/h2-16,23,33,36H,17-21H2,1H3. The minimum Gasteiger partial charge on any atom is -0.493 e. The third-order valence-corrected chi connectivity index (χ3v) is 6.90. The second-order valence-corrected chi connectivity index (χ2v) is 9.72. The maximum Gasteiger partial charge on any atom is 0.294 e. The number of aliphatic hydroxyl groups is 1. The molecule has 5 aromatic rings. The quantitative estimate of drug-likeness (QED) is 0.137. The molecule has 2 N–H and O–H groups in total. The Balaban J connectivity index is 1.33. The summed E-state index contributed by atoms with van der Waals surface area (Å²) in [4.78, 5) is 33.9. The van der Waals surface area contributed by atoms with E-state index in [-0.39, 0.29) is 38.5 Å². The van der Waals surface area contributed by atoms with Crippen LogP contribution in [0, 0.1) is 10.1 Å². The van der Waals surface area contributed by atoms with E-state index in [1.807, 2.05) is 54.6 Å². The number of hydrogen-bond donors (Lipinski definition) is 2. The van der Waals surface area contributed by atoms with Gasteiger partial charge >= 0.3 is 0 Å². The predicted molar refractivity (Wildman–Crippen MR) is 160 cm³/mol. The number of ether oxygens (including phenoxy) is 3. The Morgan fingerprint density at radius 3 is 2.42 bits per heavy atom. The summed E-state index contributed by atoms with van der Waals surface area (Å²) in [7, 11) is 1.54. The summed E-state index contributed by atoms with van der Waals surface area (Å²) in [5.41, 5.74) is 2.45. The summed E-state index contributed by atoms with van der Waals surface area (Å²) in [6.07, 6.45) is -1.06. The van der Waals surface area contributed by atoms with E-state index in [2.05, 4.69) is 9.82 Å². The first-order chi connectivity index (χ1) is 20.9. The van der Waals surface area contributed by atoms with Gasteiger partial charge in [0.2, 0.25) is 0 Å². The van der Waals surface area contributed by atoms with Crippen LogP contribution in [0.15, 0.2) is 91.0 Å². The van der Waals surface area contributed by atoms with Crippen LogP contribution >= 0.6 is 0 Å². The highest BCUT2D eigenvalue weighted by atomic mass is 16.9. The van der Waals surface area contributed by atoms with Crippen molar-refractivity contribution >= 4 is 27.7 Å². The topological polar surface area (TPSA) is 136 Å². The van der Waals surface area contributed by atoms with Gasteiger partial charge in [0.1, 0.15) is 31.7 Å². The first kappa shape index (κ1) is 29.2. The van der Waals surface area contributed by atoms with Crippen LogP contribution in [-0.2, 0) is 11.4 Å². The second kappa shape index (κ2) is 13.6. The van der Waals surface area contributed by atoms with Crippen LogP contribution in [0.25, 0.3) is 21.8 Å². The molecule has 1 heterocycles. The van der Waals surface area contributed by atoms with Crippen LogP contribution in [0.3, 0.4) is 0 Å². The second-order valence-electron chi connectivity index (χ2n) is 9.72. The number of para-hydroxylation sites is 3. The van der Waals surface area contributed by atoms with E-state index in [0.29, 0.717) is 22.8 Å². The van der Waals surface area contributed by atoms with E-state index in [1.54, 1.807) is 36.4 Å². The van der Waals surface area contributed by atoms with E-state index >= 15 is 0 Å². The maximum atomic E-state index is 13.7. The molecule has 1 amide bonds. The molecular formula is C32H31N3O8. The average molecular weight is 586 g/mol. The van der Waals surface area contributed by atoms with Gasteiger partial charge in [-0.15, -0.1) is 10.1 Å². The van der Waals surface area contributed by atoms with Crippen molar-refractivity contribution in [1.29, 1.82) is 0 Å². The summed E-state index contributed by atoms with van der Waals surface area (Å²) >= 11 is 0. The lowest BCUT2D eigenvalue weighted by atomic mass is 10.1. The predicted octanol–water partition coefficient (Wildman–Crippen LogP) is 5.00. The maximum absolute atomic E-state index is 13.7. The van der Waals surface area contributed by atoms with Gasteiger partial charge < -0.3 is 34.0 Å². The van der Waals surface area contributed by atoms with Crippen molar-refractivity contribution in [1.82, 2.24) is 9.88 Å². The van der Waals surface area contributed by atoms with Crippen LogP contribution in [0.5, 0.6) is 17.2 Å².